The van der Waals surface area contributed by atoms with Crippen molar-refractivity contribution >= 4 is 60.1 Å². The summed E-state index contributed by atoms with van der Waals surface area (Å²) in [5.41, 5.74) is 0. The van der Waals surface area contributed by atoms with Gasteiger partial charge in [0.05, 0.1) is 0 Å². The van der Waals surface area contributed by atoms with Gasteiger partial charge in [-0.1, -0.05) is 0 Å². The summed E-state index contributed by atoms with van der Waals surface area (Å²) in [5, 5.41) is 1.35. The van der Waals surface area contributed by atoms with Crippen molar-refractivity contribution in [2.75, 3.05) is 0 Å². The van der Waals surface area contributed by atoms with E-state index in [1.807, 2.05) is 0 Å². The van der Waals surface area contributed by atoms with Crippen molar-refractivity contribution in [1.82, 2.24) is 0 Å². The normalized spacial score (nSPS) is 31.0. The first-order valence-corrected chi connectivity index (χ1v) is 12.9. The van der Waals surface area contributed by atoms with Crippen molar-refractivity contribution in [1.29, 1.82) is 0 Å². The minimum atomic E-state index is -1.99. The van der Waals surface area contributed by atoms with Gasteiger partial charge < -0.3 is 0 Å². The van der Waals surface area contributed by atoms with Crippen LogP contribution in [-0.2, 0) is 0 Å². The van der Waals surface area contributed by atoms with Gasteiger partial charge in [0.1, 0.15) is 0 Å². The third-order valence-corrected chi connectivity index (χ3v) is 28.7. The Morgan fingerprint density at radius 1 is 1.50 bits per heavy atom. The van der Waals surface area contributed by atoms with Gasteiger partial charge in [0.15, 0.2) is 0 Å². The van der Waals surface area contributed by atoms with Gasteiger partial charge in [-0.2, -0.15) is 0 Å². The monoisotopic (exact) mass is 448 g/mol. The van der Waals surface area contributed by atoms with Crippen LogP contribution in [0.4, 0.5) is 0 Å². The van der Waals surface area contributed by atoms with E-state index in [0.717, 1.165) is 0 Å². The van der Waals surface area contributed by atoms with Gasteiger partial charge in [0.2, 0.25) is 0 Å². The van der Waals surface area contributed by atoms with Crippen LogP contribution in [0.2, 0.25) is 9.50 Å². The zero-order valence-electron chi connectivity index (χ0n) is 9.03. The van der Waals surface area contributed by atoms with Crippen molar-refractivity contribution in [2.24, 2.45) is 0 Å². The SMILES string of the molecule is C[CH2][Ge]1([C](C)(C)C)[C](Br)=C[Se]/[C]1=C/Br. The van der Waals surface area contributed by atoms with Crippen LogP contribution in [0.25, 0.3) is 0 Å². The standard InChI is InChI=1S/C10H16Br2GeSe/c1-5-13(10(2,3)4)8(12)7-14-9(13)6-11/h6-7H,5H2,1-4H3/b9-6+. The Bertz CT molecular complexity index is 291. The molecule has 1 heterocycles. The summed E-state index contributed by atoms with van der Waals surface area (Å²) < 4.78 is 3.76. The second kappa shape index (κ2) is 4.79. The molecule has 0 saturated heterocycles. The van der Waals surface area contributed by atoms with Crippen LogP contribution in [-0.4, -0.2) is 28.2 Å². The number of hydrogen-bond donors (Lipinski definition) is 0. The molecule has 0 aliphatic carbocycles. The molecule has 0 nitrogen and oxygen atoms in total. The zero-order valence-corrected chi connectivity index (χ0v) is 16.0. The molecule has 1 aliphatic rings. The van der Waals surface area contributed by atoms with E-state index in [4.69, 9.17) is 0 Å². The Morgan fingerprint density at radius 2 is 2.07 bits per heavy atom. The summed E-state index contributed by atoms with van der Waals surface area (Å²) in [6.07, 6.45) is 0. The number of halogens is 2. The van der Waals surface area contributed by atoms with E-state index in [-0.39, 0.29) is 0 Å². The van der Waals surface area contributed by atoms with Crippen molar-refractivity contribution < 1.29 is 0 Å². The molecular formula is C10H16Br2GeSe. The fourth-order valence-electron chi connectivity index (χ4n) is 2.15. The van der Waals surface area contributed by atoms with Crippen molar-refractivity contribution in [2.45, 2.75) is 37.2 Å². The molecule has 1 rings (SSSR count). The second-order valence-corrected chi connectivity index (χ2v) is 21.7. The molecule has 0 aromatic rings. The third kappa shape index (κ3) is 2.00. The van der Waals surface area contributed by atoms with Gasteiger partial charge in [0.25, 0.3) is 0 Å². The summed E-state index contributed by atoms with van der Waals surface area (Å²) in [5.74, 6) is 0. The summed E-state index contributed by atoms with van der Waals surface area (Å²) in [7, 11) is 0. The van der Waals surface area contributed by atoms with Gasteiger partial charge in [0, 0.05) is 0 Å². The van der Waals surface area contributed by atoms with Crippen molar-refractivity contribution in [3.8, 4) is 0 Å². The van der Waals surface area contributed by atoms with Crippen LogP contribution in [0.15, 0.2) is 16.6 Å². The molecular weight excluding hydrogens is 431 g/mol. The molecule has 0 aromatic carbocycles. The van der Waals surface area contributed by atoms with Crippen molar-refractivity contribution in [3.63, 3.8) is 0 Å². The molecule has 80 valence electrons. The van der Waals surface area contributed by atoms with Crippen LogP contribution in [0.1, 0.15) is 27.7 Å². The second-order valence-electron chi connectivity index (χ2n) is 4.57. The molecule has 1 aliphatic heterocycles. The van der Waals surface area contributed by atoms with Crippen LogP contribution >= 0.6 is 31.9 Å². The predicted octanol–water partition coefficient (Wildman–Crippen LogP) is 4.52. The van der Waals surface area contributed by atoms with Gasteiger partial charge in [-0.25, -0.2) is 0 Å². The Morgan fingerprint density at radius 3 is 2.36 bits per heavy atom. The fourth-order valence-corrected chi connectivity index (χ4v) is 33.2. The number of rotatable bonds is 1. The summed E-state index contributed by atoms with van der Waals surface area (Å²) in [6, 6.07) is 0. The summed E-state index contributed by atoms with van der Waals surface area (Å²) in [4.78, 5) is 4.65. The van der Waals surface area contributed by atoms with Gasteiger partial charge in [-0.15, -0.1) is 0 Å². The van der Waals surface area contributed by atoms with E-state index in [1.165, 1.54) is 5.25 Å². The summed E-state index contributed by atoms with van der Waals surface area (Å²) in [6.45, 7) is 9.58. The van der Waals surface area contributed by atoms with Crippen LogP contribution in [0.3, 0.4) is 0 Å². The predicted molar refractivity (Wildman–Crippen MR) is 75.7 cm³/mol. The van der Waals surface area contributed by atoms with Gasteiger partial charge >= 0.3 is 114 Å². The fraction of sp³-hybridized carbons (Fsp3) is 0.600. The average Bonchev–Trinajstić information content (AvgIpc) is 2.41. The molecule has 0 aromatic heterocycles. The molecule has 4 heteroatoms. The molecule has 0 amide bonds. The quantitative estimate of drug-likeness (QED) is 0.519. The molecule has 0 N–H and O–H groups in total. The van der Waals surface area contributed by atoms with E-state index in [9.17, 15) is 0 Å². The Hall–Kier alpha value is 1.50. The maximum absolute atomic E-state index is 3.84. The van der Waals surface area contributed by atoms with E-state index in [2.05, 4.69) is 69.5 Å². The molecule has 1 atom stereocenters. The molecule has 14 heavy (non-hydrogen) atoms. The molecule has 0 saturated carbocycles. The Kier molecular flexibility index (Phi) is 4.64. The van der Waals surface area contributed by atoms with Crippen molar-refractivity contribution in [3.05, 3.63) is 16.6 Å². The Balaban J connectivity index is 3.27. The molecule has 0 radical (unpaired) electrons. The minimum absolute atomic E-state index is 0.460. The van der Waals surface area contributed by atoms with Crippen LogP contribution < -0.4 is 0 Å². The van der Waals surface area contributed by atoms with Crippen LogP contribution in [0, 0.1) is 0 Å². The molecule has 1 unspecified atom stereocenters. The number of hydrogen-bond acceptors (Lipinski definition) is 0. The first-order chi connectivity index (χ1) is 6.40. The topological polar surface area (TPSA) is 0 Å². The van der Waals surface area contributed by atoms with E-state index >= 15 is 0 Å². The summed E-state index contributed by atoms with van der Waals surface area (Å²) >= 11 is 5.99. The maximum atomic E-state index is 3.84. The van der Waals surface area contributed by atoms with E-state index in [0.29, 0.717) is 19.2 Å². The van der Waals surface area contributed by atoms with E-state index in [1.54, 1.807) is 6.62 Å². The third-order valence-electron chi connectivity index (χ3n) is 3.03. The molecule has 0 fully saturated rings. The average molecular weight is 448 g/mol. The van der Waals surface area contributed by atoms with E-state index < -0.39 is 13.3 Å². The van der Waals surface area contributed by atoms with Gasteiger partial charge in [-0.05, 0) is 0 Å². The first kappa shape index (κ1) is 13.6. The molecule has 0 bridgehead atoms. The first-order valence-electron chi connectivity index (χ1n) is 4.74. The van der Waals surface area contributed by atoms with Crippen LogP contribution in [0.5, 0.6) is 0 Å². The Labute approximate surface area is 113 Å². The van der Waals surface area contributed by atoms with Gasteiger partial charge in [-0.3, -0.25) is 0 Å². The zero-order chi connectivity index (χ0) is 11.0. The molecule has 0 spiro atoms.